The van der Waals surface area contributed by atoms with Gasteiger partial charge in [-0.3, -0.25) is 0 Å². The van der Waals surface area contributed by atoms with E-state index >= 15 is 0 Å². The highest BCUT2D eigenvalue weighted by molar-refractivity contribution is 6.25. The van der Waals surface area contributed by atoms with Gasteiger partial charge in [0.2, 0.25) is 0 Å². The fraction of sp³-hybridized carbons (Fsp3) is 0. The highest BCUT2D eigenvalue weighted by atomic mass is 16.3. The maximum Gasteiger partial charge on any atom is 0.136 e. The van der Waals surface area contributed by atoms with E-state index in [-0.39, 0.29) is 35.3 Å². The van der Waals surface area contributed by atoms with Crippen molar-refractivity contribution in [2.45, 2.75) is 0 Å². The summed E-state index contributed by atoms with van der Waals surface area (Å²) < 4.78 is 91.5. The Labute approximate surface area is 310 Å². The van der Waals surface area contributed by atoms with Gasteiger partial charge < -0.3 is 4.42 Å². The van der Waals surface area contributed by atoms with Crippen molar-refractivity contribution in [1.29, 1.82) is 0 Å². The maximum absolute atomic E-state index is 8.98. The van der Waals surface area contributed by atoms with E-state index in [4.69, 9.17) is 18.1 Å². The Kier molecular flexibility index (Phi) is 4.88. The summed E-state index contributed by atoms with van der Waals surface area (Å²) in [6.07, 6.45) is 0. The quantitative estimate of drug-likeness (QED) is 0.168. The maximum atomic E-state index is 8.98. The van der Waals surface area contributed by atoms with Crippen molar-refractivity contribution in [1.82, 2.24) is 0 Å². The molecule has 10 rings (SSSR count). The molecule has 0 fully saturated rings. The lowest BCUT2D eigenvalue weighted by Gasteiger charge is -2.19. The van der Waals surface area contributed by atoms with Crippen LogP contribution in [0.2, 0.25) is 0 Å². The van der Waals surface area contributed by atoms with Gasteiger partial charge in [-0.2, -0.15) is 0 Å². The third kappa shape index (κ3) is 4.86. The molecule has 0 saturated carbocycles. The van der Waals surface area contributed by atoms with Gasteiger partial charge in [0.1, 0.15) is 11.2 Å². The third-order valence-electron chi connectivity index (χ3n) is 9.65. The Morgan fingerprint density at radius 2 is 0.941 bits per heavy atom. The molecule has 238 valence electrons. The molecule has 0 spiro atoms. The van der Waals surface area contributed by atoms with Gasteiger partial charge in [0.05, 0.1) is 13.7 Å². The number of benzene rings is 9. The summed E-state index contributed by atoms with van der Waals surface area (Å²) >= 11 is 0. The first-order chi connectivity index (χ1) is 29.5. The van der Waals surface area contributed by atoms with Crippen LogP contribution < -0.4 is 0 Å². The van der Waals surface area contributed by atoms with Gasteiger partial charge in [-0.25, -0.2) is 0 Å². The summed E-state index contributed by atoms with van der Waals surface area (Å²) in [5.74, 6) is 0. The molecular formula is C50H32O. The lowest BCUT2D eigenvalue weighted by molar-refractivity contribution is 0.669. The number of fused-ring (bicyclic) bond motifs is 5. The predicted molar refractivity (Wildman–Crippen MR) is 216 cm³/mol. The van der Waals surface area contributed by atoms with Gasteiger partial charge in [-0.05, 0) is 101 Å². The molecule has 0 aliphatic rings. The number of rotatable bonds is 5. The molecule has 0 aliphatic carbocycles. The van der Waals surface area contributed by atoms with Gasteiger partial charge in [0.15, 0.2) is 0 Å². The van der Waals surface area contributed by atoms with Crippen molar-refractivity contribution in [3.05, 3.63) is 194 Å². The lowest BCUT2D eigenvalue weighted by Crippen LogP contribution is -1.93. The molecule has 0 bridgehead atoms. The minimum atomic E-state index is -0.447. The van der Waals surface area contributed by atoms with Gasteiger partial charge in [0.25, 0.3) is 0 Å². The molecule has 0 atom stereocenters. The Morgan fingerprint density at radius 3 is 1.63 bits per heavy atom. The van der Waals surface area contributed by atoms with E-state index in [0.29, 0.717) is 22.3 Å². The SMILES string of the molecule is [2H]c1c([2H])c([2H])c(-c2ccc3c(c2)oc2cccc(-c4c5ccccc5c(-c5ccc(-c6ccccc6)c(-c6c([2H])c([2H])c([2H])c([2H])c6[2H])c5)c5ccccc45)c23)c([2H])c1[2H]. The van der Waals surface area contributed by atoms with E-state index in [0.717, 1.165) is 65.7 Å². The van der Waals surface area contributed by atoms with Gasteiger partial charge in [-0.1, -0.05) is 170 Å². The molecule has 10 aromatic rings. The van der Waals surface area contributed by atoms with E-state index in [1.54, 1.807) is 12.1 Å². The largest absolute Gasteiger partial charge is 0.456 e. The van der Waals surface area contributed by atoms with Gasteiger partial charge >= 0.3 is 0 Å². The van der Waals surface area contributed by atoms with Crippen molar-refractivity contribution in [2.75, 3.05) is 0 Å². The Bertz CT molecular complexity index is 3370. The predicted octanol–water partition coefficient (Wildman–Crippen LogP) is 14.2. The number of hydrogen-bond acceptors (Lipinski definition) is 1. The average molecular weight is 659 g/mol. The molecule has 9 aromatic carbocycles. The molecule has 0 radical (unpaired) electrons. The molecule has 1 nitrogen and oxygen atoms in total. The first kappa shape index (κ1) is 20.7. The molecule has 0 aliphatic heterocycles. The second-order valence-corrected chi connectivity index (χ2v) is 12.5. The van der Waals surface area contributed by atoms with Crippen molar-refractivity contribution in [2.24, 2.45) is 0 Å². The van der Waals surface area contributed by atoms with E-state index in [1.807, 2.05) is 91.0 Å². The fourth-order valence-corrected chi connectivity index (χ4v) is 7.47. The monoisotopic (exact) mass is 658 g/mol. The summed E-state index contributed by atoms with van der Waals surface area (Å²) in [5.41, 5.74) is 7.57. The fourth-order valence-electron chi connectivity index (χ4n) is 7.47. The zero-order valence-corrected chi connectivity index (χ0v) is 27.1. The van der Waals surface area contributed by atoms with Gasteiger partial charge in [-0.15, -0.1) is 0 Å². The van der Waals surface area contributed by atoms with E-state index in [1.165, 1.54) is 0 Å². The van der Waals surface area contributed by atoms with Crippen molar-refractivity contribution in [3.63, 3.8) is 0 Å². The summed E-state index contributed by atoms with van der Waals surface area (Å²) in [5, 5.41) is 5.49. The van der Waals surface area contributed by atoms with Crippen LogP contribution in [-0.4, -0.2) is 0 Å². The van der Waals surface area contributed by atoms with Crippen LogP contribution in [-0.2, 0) is 0 Å². The smallest absolute Gasteiger partial charge is 0.136 e. The Balaban J connectivity index is 1.24. The zero-order valence-electron chi connectivity index (χ0n) is 37.1. The Morgan fingerprint density at radius 1 is 0.333 bits per heavy atom. The van der Waals surface area contributed by atoms with Crippen molar-refractivity contribution in [3.8, 4) is 55.6 Å². The third-order valence-corrected chi connectivity index (χ3v) is 9.65. The Hall–Kier alpha value is -6.70. The second-order valence-electron chi connectivity index (χ2n) is 12.5. The van der Waals surface area contributed by atoms with Crippen LogP contribution in [0.4, 0.5) is 0 Å². The van der Waals surface area contributed by atoms with Crippen LogP contribution in [0.3, 0.4) is 0 Å². The van der Waals surface area contributed by atoms with Crippen LogP contribution >= 0.6 is 0 Å². The highest BCUT2D eigenvalue weighted by Gasteiger charge is 2.21. The second kappa shape index (κ2) is 12.0. The van der Waals surface area contributed by atoms with Crippen LogP contribution in [0.5, 0.6) is 0 Å². The van der Waals surface area contributed by atoms with Crippen molar-refractivity contribution < 1.29 is 18.1 Å². The van der Waals surface area contributed by atoms with E-state index in [2.05, 4.69) is 30.3 Å². The van der Waals surface area contributed by atoms with Crippen molar-refractivity contribution >= 4 is 43.5 Å². The topological polar surface area (TPSA) is 13.1 Å². The summed E-state index contributed by atoms with van der Waals surface area (Å²) in [6.45, 7) is 0. The van der Waals surface area contributed by atoms with E-state index in [9.17, 15) is 0 Å². The molecule has 0 N–H and O–H groups in total. The molecule has 0 unspecified atom stereocenters. The summed E-state index contributed by atoms with van der Waals surface area (Å²) in [7, 11) is 0. The first-order valence-corrected chi connectivity index (χ1v) is 16.7. The van der Waals surface area contributed by atoms with Crippen LogP contribution in [0.25, 0.3) is 99.1 Å². The number of furan rings is 1. The highest BCUT2D eigenvalue weighted by Crippen LogP contribution is 2.48. The molecule has 0 amide bonds. The first-order valence-electron chi connectivity index (χ1n) is 21.7. The minimum Gasteiger partial charge on any atom is -0.456 e. The molecule has 1 heteroatoms. The molecule has 1 heterocycles. The van der Waals surface area contributed by atoms with E-state index < -0.39 is 36.3 Å². The molecule has 51 heavy (non-hydrogen) atoms. The van der Waals surface area contributed by atoms with Crippen LogP contribution in [0, 0.1) is 0 Å². The van der Waals surface area contributed by atoms with Gasteiger partial charge in [0, 0.05) is 10.8 Å². The number of hydrogen-bond donors (Lipinski definition) is 0. The molecular weight excluding hydrogens is 617 g/mol. The standard InChI is InChI=1S/C50H32O/c1-4-15-33(16-5-1)36-27-30-43-47(32-36)51-46-26-14-25-44(50(43)46)49-41-23-12-10-21-39(41)48(40-22-11-13-24-42(40)49)37-28-29-38(34-17-6-2-7-18-34)45(31-37)35-19-8-3-9-20-35/h1-32H/i1D,3D,4D,5D,8D,9D,15D,16D,19D,20D. The molecule has 0 saturated heterocycles. The zero-order chi connectivity index (χ0) is 42.4. The summed E-state index contributed by atoms with van der Waals surface area (Å²) in [4.78, 5) is 0. The normalized spacial score (nSPS) is 14.3. The molecule has 1 aromatic heterocycles. The summed E-state index contributed by atoms with van der Waals surface area (Å²) in [6, 6.07) is 39.6. The van der Waals surface area contributed by atoms with Crippen LogP contribution in [0.1, 0.15) is 13.7 Å². The average Bonchev–Trinajstić information content (AvgIpc) is 3.67. The van der Waals surface area contributed by atoms with Crippen LogP contribution in [0.15, 0.2) is 198 Å². The lowest BCUT2D eigenvalue weighted by atomic mass is 9.83. The minimum absolute atomic E-state index is 0.104.